The number of aliphatic hydroxyl groups is 2. The Morgan fingerprint density at radius 2 is 1.92 bits per heavy atom. The average Bonchev–Trinajstić information content (AvgIpc) is 3.10. The van der Waals surface area contributed by atoms with E-state index >= 15 is 0 Å². The number of rotatable bonds is 2. The average molecular weight is 376 g/mol. The highest BCUT2D eigenvalue weighted by molar-refractivity contribution is 7.86. The van der Waals surface area contributed by atoms with Gasteiger partial charge in [0.25, 0.3) is 10.1 Å². The summed E-state index contributed by atoms with van der Waals surface area (Å²) >= 11 is 0. The van der Waals surface area contributed by atoms with Gasteiger partial charge in [0, 0.05) is 12.3 Å². The smallest absolute Gasteiger partial charge is 0.264 e. The van der Waals surface area contributed by atoms with Gasteiger partial charge in [-0.3, -0.25) is 4.18 Å². The number of hydrogen-bond acceptors (Lipinski definition) is 8. The summed E-state index contributed by atoms with van der Waals surface area (Å²) in [5.74, 6) is -0.300. The van der Waals surface area contributed by atoms with E-state index in [-0.39, 0.29) is 31.2 Å². The van der Waals surface area contributed by atoms with Crippen LogP contribution in [0, 0.1) is 11.3 Å². The van der Waals surface area contributed by atoms with Gasteiger partial charge in [-0.05, 0) is 20.8 Å². The lowest BCUT2D eigenvalue weighted by atomic mass is 9.49. The molecule has 2 aliphatic carbocycles. The third kappa shape index (κ3) is 1.67. The van der Waals surface area contributed by atoms with Crippen molar-refractivity contribution in [2.75, 3.05) is 12.9 Å². The van der Waals surface area contributed by atoms with Gasteiger partial charge in [-0.2, -0.15) is 8.42 Å². The summed E-state index contributed by atoms with van der Waals surface area (Å²) in [6.45, 7) is 5.50. The lowest BCUT2D eigenvalue weighted by Crippen LogP contribution is -2.78. The van der Waals surface area contributed by atoms with E-state index < -0.39 is 50.6 Å². The van der Waals surface area contributed by atoms with E-state index in [2.05, 4.69) is 0 Å². The van der Waals surface area contributed by atoms with Crippen LogP contribution < -0.4 is 0 Å². The summed E-state index contributed by atoms with van der Waals surface area (Å²) in [5, 5.41) is 22.6. The van der Waals surface area contributed by atoms with Gasteiger partial charge in [0.1, 0.15) is 11.7 Å². The second kappa shape index (κ2) is 4.24. The monoisotopic (exact) mass is 376 g/mol. The molecule has 9 heteroatoms. The second-order valence-electron chi connectivity index (χ2n) is 9.02. The molecule has 0 aromatic carbocycles. The first kappa shape index (κ1) is 16.9. The van der Waals surface area contributed by atoms with E-state index in [9.17, 15) is 18.6 Å². The van der Waals surface area contributed by atoms with Gasteiger partial charge in [-0.15, -0.1) is 0 Å². The van der Waals surface area contributed by atoms with Crippen molar-refractivity contribution in [2.24, 2.45) is 11.3 Å². The minimum atomic E-state index is -3.77. The fraction of sp³-hybridized carbons (Fsp3) is 1.00. The van der Waals surface area contributed by atoms with Gasteiger partial charge in [0.05, 0.1) is 53.9 Å². The van der Waals surface area contributed by atoms with Crippen LogP contribution in [-0.2, 0) is 28.5 Å². The van der Waals surface area contributed by atoms with Crippen molar-refractivity contribution < 1.29 is 37.0 Å². The highest BCUT2D eigenvalue weighted by atomic mass is 32.2. The van der Waals surface area contributed by atoms with Crippen molar-refractivity contribution in [1.82, 2.24) is 0 Å². The van der Waals surface area contributed by atoms with E-state index in [0.29, 0.717) is 0 Å². The third-order valence-corrected chi connectivity index (χ3v) is 7.68. The molecule has 3 saturated heterocycles. The Morgan fingerprint density at radius 1 is 1.24 bits per heavy atom. The van der Waals surface area contributed by atoms with Crippen LogP contribution in [0.5, 0.6) is 0 Å². The molecule has 5 aliphatic rings. The second-order valence-corrected chi connectivity index (χ2v) is 10.6. The van der Waals surface area contributed by atoms with Crippen LogP contribution in [0.4, 0.5) is 0 Å². The van der Waals surface area contributed by atoms with Crippen LogP contribution in [0.3, 0.4) is 0 Å². The molecule has 3 heterocycles. The quantitative estimate of drug-likeness (QED) is 0.474. The van der Waals surface area contributed by atoms with Gasteiger partial charge in [0.15, 0.2) is 0 Å². The Balaban J connectivity index is 1.75. The Bertz CT molecular complexity index is 747. The summed E-state index contributed by atoms with van der Waals surface area (Å²) in [7, 11) is -3.77. The van der Waals surface area contributed by atoms with Gasteiger partial charge in [0.2, 0.25) is 0 Å². The molecule has 2 N–H and O–H groups in total. The number of ether oxygens (including phenoxy) is 3. The summed E-state index contributed by atoms with van der Waals surface area (Å²) in [4.78, 5) is 0. The summed E-state index contributed by atoms with van der Waals surface area (Å²) in [5.41, 5.74) is -4.61. The Morgan fingerprint density at radius 3 is 2.56 bits per heavy atom. The molecule has 0 radical (unpaired) electrons. The van der Waals surface area contributed by atoms with Gasteiger partial charge in [-0.25, -0.2) is 0 Å². The van der Waals surface area contributed by atoms with E-state index in [1.165, 1.54) is 0 Å². The van der Waals surface area contributed by atoms with Crippen LogP contribution in [0.1, 0.15) is 27.2 Å². The zero-order chi connectivity index (χ0) is 18.2. The van der Waals surface area contributed by atoms with Crippen molar-refractivity contribution in [3.63, 3.8) is 0 Å². The van der Waals surface area contributed by atoms with Gasteiger partial charge >= 0.3 is 0 Å². The molecule has 0 amide bonds. The number of aliphatic hydroxyl groups excluding tert-OH is 1. The normalized spacial score (nSPS) is 60.9. The molecular weight excluding hydrogens is 352 g/mol. The Kier molecular flexibility index (Phi) is 2.86. The number of fused-ring (bicyclic) bond motifs is 4. The van der Waals surface area contributed by atoms with Crippen LogP contribution in [0.25, 0.3) is 0 Å². The zero-order valence-electron chi connectivity index (χ0n) is 14.6. The lowest BCUT2D eigenvalue weighted by molar-refractivity contribution is -0.299. The topological polar surface area (TPSA) is 115 Å². The zero-order valence-corrected chi connectivity index (χ0v) is 15.4. The van der Waals surface area contributed by atoms with Crippen LogP contribution in [0.15, 0.2) is 0 Å². The van der Waals surface area contributed by atoms with Crippen molar-refractivity contribution in [3.8, 4) is 0 Å². The van der Waals surface area contributed by atoms with Crippen molar-refractivity contribution >= 4 is 10.1 Å². The Labute approximate surface area is 146 Å². The molecule has 142 valence electrons. The molecule has 8 nitrogen and oxygen atoms in total. The minimum absolute atomic E-state index is 0.117. The maximum absolute atomic E-state index is 11.9. The van der Waals surface area contributed by atoms with Crippen LogP contribution in [0.2, 0.25) is 0 Å². The number of hydrogen-bond donors (Lipinski definition) is 2. The maximum atomic E-state index is 11.9. The SMILES string of the molecule is CC1(C)O[C@]23[C@H](O)[C@H]1[C@@H]1O[C@@H]1[C@@]21CO[C@@H](C[C@]3(C)O)[C@@H]1OS(C)(=O)=O. The van der Waals surface area contributed by atoms with E-state index in [1.54, 1.807) is 6.92 Å². The molecule has 2 spiro atoms. The van der Waals surface area contributed by atoms with Gasteiger partial charge in [-0.1, -0.05) is 0 Å². The summed E-state index contributed by atoms with van der Waals surface area (Å²) in [6, 6.07) is 0. The number of epoxide rings is 1. The van der Waals surface area contributed by atoms with E-state index in [0.717, 1.165) is 6.26 Å². The van der Waals surface area contributed by atoms with E-state index in [4.69, 9.17) is 18.4 Å². The minimum Gasteiger partial charge on any atom is -0.389 e. The fourth-order valence-electron chi connectivity index (χ4n) is 6.43. The standard InChI is InChI=1S/C16H24O8S/c1-13(2)8-9-12(22-9)15-6-21-7(11(15)23-25(4,19)20)5-14(3,18)16(15,24-13)10(8)17/h7-12,17-18H,5-6H2,1-4H3/t7-,8+,9-,10+,11-,12-,14-,15-,16-/m0/s1. The predicted molar refractivity (Wildman–Crippen MR) is 83.2 cm³/mol. The molecule has 0 unspecified atom stereocenters. The molecular formula is C16H24O8S. The third-order valence-electron chi connectivity index (χ3n) is 7.12. The fourth-order valence-corrected chi connectivity index (χ4v) is 7.10. The maximum Gasteiger partial charge on any atom is 0.264 e. The van der Waals surface area contributed by atoms with Crippen molar-refractivity contribution in [1.29, 1.82) is 0 Å². The van der Waals surface area contributed by atoms with Gasteiger partial charge < -0.3 is 24.4 Å². The van der Waals surface area contributed by atoms with Crippen molar-refractivity contribution in [2.45, 2.75) is 74.5 Å². The summed E-state index contributed by atoms with van der Waals surface area (Å²) in [6.07, 6.45) is -1.98. The summed E-state index contributed by atoms with van der Waals surface area (Å²) < 4.78 is 47.5. The first-order chi connectivity index (χ1) is 11.4. The molecule has 9 atom stereocenters. The lowest BCUT2D eigenvalue weighted by Gasteiger charge is -2.59. The first-order valence-corrected chi connectivity index (χ1v) is 10.4. The van der Waals surface area contributed by atoms with Crippen LogP contribution >= 0.6 is 0 Å². The highest BCUT2D eigenvalue weighted by Gasteiger charge is 2.91. The van der Waals surface area contributed by atoms with E-state index in [1.807, 2.05) is 13.8 Å². The molecule has 5 fully saturated rings. The predicted octanol–water partition coefficient (Wildman–Crippen LogP) is -0.823. The molecule has 3 aliphatic heterocycles. The molecule has 2 saturated carbocycles. The first-order valence-electron chi connectivity index (χ1n) is 8.63. The highest BCUT2D eigenvalue weighted by Crippen LogP contribution is 2.74. The van der Waals surface area contributed by atoms with Crippen LogP contribution in [-0.4, -0.2) is 78.8 Å². The molecule has 0 aromatic heterocycles. The molecule has 0 aromatic rings. The largest absolute Gasteiger partial charge is 0.389 e. The van der Waals surface area contributed by atoms with Crippen molar-refractivity contribution in [3.05, 3.63) is 0 Å². The molecule has 5 rings (SSSR count). The Hall–Kier alpha value is -0.290. The molecule has 4 bridgehead atoms. The molecule has 25 heavy (non-hydrogen) atoms.